The molecule has 0 radical (unpaired) electrons. The van der Waals surface area contributed by atoms with E-state index in [1.807, 2.05) is 78.7 Å². The lowest BCUT2D eigenvalue weighted by molar-refractivity contribution is -0.122. The van der Waals surface area contributed by atoms with Gasteiger partial charge in [0.1, 0.15) is 5.41 Å². The summed E-state index contributed by atoms with van der Waals surface area (Å²) in [4.78, 5) is 17.9. The molecule has 0 aliphatic carbocycles. The second-order valence-electron chi connectivity index (χ2n) is 9.14. The maximum Gasteiger partial charge on any atom is 0.241 e. The Bertz CT molecular complexity index is 1090. The topological polar surface area (TPSA) is 43.8 Å². The number of piperidine rings is 1. The van der Waals surface area contributed by atoms with E-state index in [9.17, 15) is 9.90 Å². The number of aliphatic hydroxyl groups is 1. The van der Waals surface area contributed by atoms with Crippen molar-refractivity contribution in [2.24, 2.45) is 0 Å². The maximum absolute atomic E-state index is 13.7. The van der Waals surface area contributed by atoms with Crippen LogP contribution in [0.3, 0.4) is 0 Å². The van der Waals surface area contributed by atoms with Crippen molar-refractivity contribution >= 4 is 11.6 Å². The molecule has 5 rings (SSSR count). The average Bonchev–Trinajstić information content (AvgIpc) is 3.07. The zero-order valence-electron chi connectivity index (χ0n) is 18.6. The van der Waals surface area contributed by atoms with Crippen LogP contribution in [0.4, 0.5) is 5.69 Å². The minimum atomic E-state index is -0.759. The second kappa shape index (κ2) is 8.19. The molecule has 164 valence electrons. The summed E-state index contributed by atoms with van der Waals surface area (Å²) in [6.07, 6.45) is 2.14. The zero-order chi connectivity index (χ0) is 22.2. The smallest absolute Gasteiger partial charge is 0.241 e. The second-order valence-corrected chi connectivity index (χ2v) is 9.14. The van der Waals surface area contributed by atoms with E-state index in [0.29, 0.717) is 12.8 Å². The number of likely N-dealkylation sites (tertiary alicyclic amines) is 1. The largest absolute Gasteiger partial charge is 0.385 e. The van der Waals surface area contributed by atoms with Crippen LogP contribution in [0, 0.1) is 0 Å². The van der Waals surface area contributed by atoms with Gasteiger partial charge in [-0.05, 0) is 48.6 Å². The first kappa shape index (κ1) is 20.9. The number of rotatable bonds is 5. The van der Waals surface area contributed by atoms with E-state index in [4.69, 9.17) is 0 Å². The van der Waals surface area contributed by atoms with E-state index >= 15 is 0 Å². The van der Waals surface area contributed by atoms with E-state index < -0.39 is 11.0 Å². The summed E-state index contributed by atoms with van der Waals surface area (Å²) < 4.78 is 0. The SMILES string of the molecule is CN1C(=O)C(CCN2CCC(O)(c3ccccc3)CC2)(c2ccccc2)c2ccccc21. The Kier molecular flexibility index (Phi) is 5.36. The minimum absolute atomic E-state index is 0.141. The lowest BCUT2D eigenvalue weighted by Gasteiger charge is -2.40. The fourth-order valence-electron chi connectivity index (χ4n) is 5.53. The van der Waals surface area contributed by atoms with Gasteiger partial charge in [-0.15, -0.1) is 0 Å². The first-order chi connectivity index (χ1) is 15.5. The van der Waals surface area contributed by atoms with Crippen molar-refractivity contribution in [1.29, 1.82) is 0 Å². The molecule has 4 nitrogen and oxygen atoms in total. The summed E-state index contributed by atoms with van der Waals surface area (Å²) in [6, 6.07) is 28.4. The number of para-hydroxylation sites is 1. The summed E-state index contributed by atoms with van der Waals surface area (Å²) in [5, 5.41) is 11.2. The number of fused-ring (bicyclic) bond motifs is 1. The van der Waals surface area contributed by atoms with Gasteiger partial charge in [-0.1, -0.05) is 78.9 Å². The van der Waals surface area contributed by atoms with Gasteiger partial charge in [0.25, 0.3) is 0 Å². The number of likely N-dealkylation sites (N-methyl/N-ethyl adjacent to an activating group) is 1. The van der Waals surface area contributed by atoms with Gasteiger partial charge < -0.3 is 14.9 Å². The molecule has 1 atom stereocenters. The van der Waals surface area contributed by atoms with Gasteiger partial charge in [0.15, 0.2) is 0 Å². The number of benzene rings is 3. The molecule has 2 aliphatic rings. The molecule has 3 aromatic rings. The maximum atomic E-state index is 13.7. The highest BCUT2D eigenvalue weighted by Gasteiger charge is 2.50. The summed E-state index contributed by atoms with van der Waals surface area (Å²) in [5.41, 5.74) is 2.72. The predicted molar refractivity (Wildman–Crippen MR) is 128 cm³/mol. The highest BCUT2D eigenvalue weighted by molar-refractivity contribution is 6.10. The van der Waals surface area contributed by atoms with Gasteiger partial charge in [-0.2, -0.15) is 0 Å². The van der Waals surface area contributed by atoms with Crippen LogP contribution < -0.4 is 4.90 Å². The Morgan fingerprint density at radius 1 is 0.812 bits per heavy atom. The van der Waals surface area contributed by atoms with Crippen molar-refractivity contribution in [2.45, 2.75) is 30.3 Å². The van der Waals surface area contributed by atoms with Crippen LogP contribution in [-0.4, -0.2) is 42.6 Å². The van der Waals surface area contributed by atoms with Gasteiger partial charge in [-0.3, -0.25) is 4.79 Å². The third-order valence-corrected chi connectivity index (χ3v) is 7.46. The Labute approximate surface area is 190 Å². The predicted octanol–water partition coefficient (Wildman–Crippen LogP) is 4.32. The van der Waals surface area contributed by atoms with Crippen LogP contribution in [0.2, 0.25) is 0 Å². The first-order valence-corrected chi connectivity index (χ1v) is 11.5. The third kappa shape index (κ3) is 3.35. The van der Waals surface area contributed by atoms with Gasteiger partial charge in [-0.25, -0.2) is 0 Å². The Hall–Kier alpha value is -2.95. The number of hydrogen-bond donors (Lipinski definition) is 1. The van der Waals surface area contributed by atoms with Crippen molar-refractivity contribution in [3.05, 3.63) is 102 Å². The molecule has 1 amide bonds. The molecule has 4 heteroatoms. The van der Waals surface area contributed by atoms with Crippen LogP contribution in [0.5, 0.6) is 0 Å². The highest BCUT2D eigenvalue weighted by Crippen LogP contribution is 2.48. The number of anilines is 1. The van der Waals surface area contributed by atoms with Gasteiger partial charge in [0.2, 0.25) is 5.91 Å². The standard InChI is InChI=1S/C28H30N2O2/c1-29-25-15-9-8-14-24(25)28(26(29)31,23-12-6-3-7-13-23)18-21-30-19-16-27(32,17-20-30)22-10-4-2-5-11-22/h2-15,32H,16-21H2,1H3. The monoisotopic (exact) mass is 426 g/mol. The number of amides is 1. The van der Waals surface area contributed by atoms with Crippen molar-refractivity contribution in [1.82, 2.24) is 4.90 Å². The molecule has 2 aliphatic heterocycles. The molecule has 1 unspecified atom stereocenters. The molecule has 1 saturated heterocycles. The summed E-state index contributed by atoms with van der Waals surface area (Å²) >= 11 is 0. The number of hydrogen-bond acceptors (Lipinski definition) is 3. The Morgan fingerprint density at radius 2 is 1.38 bits per heavy atom. The molecule has 0 saturated carbocycles. The highest BCUT2D eigenvalue weighted by atomic mass is 16.3. The normalized spacial score (nSPS) is 22.7. The van der Waals surface area contributed by atoms with Crippen molar-refractivity contribution < 1.29 is 9.90 Å². The molecule has 32 heavy (non-hydrogen) atoms. The molecule has 2 heterocycles. The summed E-state index contributed by atoms with van der Waals surface area (Å²) in [7, 11) is 1.88. The summed E-state index contributed by atoms with van der Waals surface area (Å²) in [6.45, 7) is 2.46. The minimum Gasteiger partial charge on any atom is -0.385 e. The van der Waals surface area contributed by atoms with Crippen molar-refractivity contribution in [3.8, 4) is 0 Å². The van der Waals surface area contributed by atoms with E-state index in [1.54, 1.807) is 0 Å². The van der Waals surface area contributed by atoms with E-state index in [2.05, 4.69) is 23.1 Å². The van der Waals surface area contributed by atoms with Crippen LogP contribution in [0.15, 0.2) is 84.9 Å². The number of nitrogens with zero attached hydrogens (tertiary/aromatic N) is 2. The van der Waals surface area contributed by atoms with Gasteiger partial charge in [0, 0.05) is 25.8 Å². The molecule has 1 fully saturated rings. The quantitative estimate of drug-likeness (QED) is 0.661. The van der Waals surface area contributed by atoms with Crippen molar-refractivity contribution in [2.75, 3.05) is 31.6 Å². The molecular weight excluding hydrogens is 396 g/mol. The molecular formula is C28H30N2O2. The number of carbonyl (C=O) groups excluding carboxylic acids is 1. The first-order valence-electron chi connectivity index (χ1n) is 11.5. The zero-order valence-corrected chi connectivity index (χ0v) is 18.6. The van der Waals surface area contributed by atoms with Crippen LogP contribution >= 0.6 is 0 Å². The van der Waals surface area contributed by atoms with Crippen LogP contribution in [-0.2, 0) is 15.8 Å². The molecule has 0 bridgehead atoms. The lowest BCUT2D eigenvalue weighted by atomic mass is 9.72. The molecule has 0 aromatic heterocycles. The van der Waals surface area contributed by atoms with Gasteiger partial charge in [0.05, 0.1) is 5.60 Å². The molecule has 3 aromatic carbocycles. The van der Waals surface area contributed by atoms with E-state index in [-0.39, 0.29) is 5.91 Å². The van der Waals surface area contributed by atoms with E-state index in [1.165, 1.54) is 0 Å². The third-order valence-electron chi connectivity index (χ3n) is 7.46. The fraction of sp³-hybridized carbons (Fsp3) is 0.321. The Balaban J connectivity index is 1.39. The van der Waals surface area contributed by atoms with Crippen LogP contribution in [0.25, 0.3) is 0 Å². The van der Waals surface area contributed by atoms with Gasteiger partial charge >= 0.3 is 0 Å². The van der Waals surface area contributed by atoms with E-state index in [0.717, 1.165) is 48.4 Å². The lowest BCUT2D eigenvalue weighted by Crippen LogP contribution is -2.46. The molecule has 0 spiro atoms. The Morgan fingerprint density at radius 3 is 2.03 bits per heavy atom. The average molecular weight is 427 g/mol. The molecule has 1 N–H and O–H groups in total. The summed E-state index contributed by atoms with van der Waals surface area (Å²) in [5.74, 6) is 0.141. The fourth-order valence-corrected chi connectivity index (χ4v) is 5.53. The van der Waals surface area contributed by atoms with Crippen LogP contribution in [0.1, 0.15) is 36.0 Å². The van der Waals surface area contributed by atoms with Crippen molar-refractivity contribution in [3.63, 3.8) is 0 Å². The number of carbonyl (C=O) groups is 1.